The fraction of sp³-hybridized carbons (Fsp3) is 0.333. The Morgan fingerprint density at radius 2 is 2.00 bits per heavy atom. The summed E-state index contributed by atoms with van der Waals surface area (Å²) in [5.74, 6) is 0. The SMILES string of the molecule is C=C/C(=C\C=C(/C)SC)C(=C)CC. The van der Waals surface area contributed by atoms with Crippen LogP contribution in [-0.2, 0) is 0 Å². The molecule has 0 aromatic heterocycles. The molecule has 0 fully saturated rings. The topological polar surface area (TPSA) is 0 Å². The Hall–Kier alpha value is -0.690. The van der Waals surface area contributed by atoms with Crippen LogP contribution in [0.2, 0.25) is 0 Å². The van der Waals surface area contributed by atoms with E-state index >= 15 is 0 Å². The third-order valence-corrected chi connectivity index (χ3v) is 2.65. The standard InChI is InChI=1S/C12H18S/c1-6-10(3)12(7-2)9-8-11(4)13-5/h7-9H,2-3,6H2,1,4-5H3/b11-8+,12-9+. The van der Waals surface area contributed by atoms with Crippen LogP contribution in [0.25, 0.3) is 0 Å². The van der Waals surface area contributed by atoms with Crippen molar-refractivity contribution in [3.8, 4) is 0 Å². The molecule has 72 valence electrons. The third-order valence-electron chi connectivity index (χ3n) is 1.87. The second-order valence-corrected chi connectivity index (χ2v) is 3.82. The van der Waals surface area contributed by atoms with Gasteiger partial charge in [-0.3, -0.25) is 0 Å². The Morgan fingerprint density at radius 3 is 2.38 bits per heavy atom. The molecular formula is C12H18S. The van der Waals surface area contributed by atoms with Gasteiger partial charge in [-0.25, -0.2) is 0 Å². The third kappa shape index (κ3) is 4.79. The molecule has 0 aromatic carbocycles. The normalized spacial score (nSPS) is 12.8. The van der Waals surface area contributed by atoms with Gasteiger partial charge in [0.2, 0.25) is 0 Å². The summed E-state index contributed by atoms with van der Waals surface area (Å²) in [6.07, 6.45) is 9.08. The summed E-state index contributed by atoms with van der Waals surface area (Å²) in [4.78, 5) is 1.29. The molecule has 0 unspecified atom stereocenters. The lowest BCUT2D eigenvalue weighted by atomic mass is 10.1. The first-order valence-electron chi connectivity index (χ1n) is 4.38. The number of allylic oxidation sites excluding steroid dienone is 6. The summed E-state index contributed by atoms with van der Waals surface area (Å²) in [7, 11) is 0. The van der Waals surface area contributed by atoms with Crippen LogP contribution < -0.4 is 0 Å². The molecule has 0 aliphatic carbocycles. The van der Waals surface area contributed by atoms with E-state index in [0.29, 0.717) is 0 Å². The summed E-state index contributed by atoms with van der Waals surface area (Å²) >= 11 is 1.75. The first-order valence-corrected chi connectivity index (χ1v) is 5.61. The van der Waals surface area contributed by atoms with Crippen LogP contribution in [0.15, 0.2) is 47.4 Å². The van der Waals surface area contributed by atoms with E-state index in [-0.39, 0.29) is 0 Å². The molecule has 13 heavy (non-hydrogen) atoms. The molecule has 0 bridgehead atoms. The maximum absolute atomic E-state index is 3.97. The zero-order chi connectivity index (χ0) is 10.3. The van der Waals surface area contributed by atoms with E-state index in [9.17, 15) is 0 Å². The van der Waals surface area contributed by atoms with Crippen molar-refractivity contribution in [2.24, 2.45) is 0 Å². The molecule has 0 saturated heterocycles. The van der Waals surface area contributed by atoms with Crippen molar-refractivity contribution < 1.29 is 0 Å². The molecule has 0 nitrogen and oxygen atoms in total. The minimum absolute atomic E-state index is 0.976. The van der Waals surface area contributed by atoms with Crippen LogP contribution in [0.3, 0.4) is 0 Å². The van der Waals surface area contributed by atoms with Gasteiger partial charge >= 0.3 is 0 Å². The molecule has 0 aliphatic heterocycles. The number of hydrogen-bond donors (Lipinski definition) is 0. The van der Waals surface area contributed by atoms with E-state index in [1.807, 2.05) is 6.08 Å². The highest BCUT2D eigenvalue weighted by Gasteiger charge is 1.93. The monoisotopic (exact) mass is 194 g/mol. The van der Waals surface area contributed by atoms with Crippen LogP contribution in [0.1, 0.15) is 20.3 Å². The maximum atomic E-state index is 3.97. The van der Waals surface area contributed by atoms with Crippen molar-refractivity contribution >= 4 is 11.8 Å². The van der Waals surface area contributed by atoms with Crippen LogP contribution >= 0.6 is 11.8 Å². The molecule has 0 N–H and O–H groups in total. The molecule has 0 rings (SSSR count). The molecule has 0 saturated carbocycles. The second kappa shape index (κ2) is 6.79. The van der Waals surface area contributed by atoms with Crippen molar-refractivity contribution in [3.05, 3.63) is 47.4 Å². The highest BCUT2D eigenvalue weighted by atomic mass is 32.2. The highest BCUT2D eigenvalue weighted by molar-refractivity contribution is 8.02. The zero-order valence-electron chi connectivity index (χ0n) is 8.76. The first kappa shape index (κ1) is 12.3. The Balaban J connectivity index is 4.58. The Bertz CT molecular complexity index is 244. The Kier molecular flexibility index (Phi) is 6.43. The number of thioether (sulfide) groups is 1. The first-order chi connectivity index (χ1) is 6.15. The summed E-state index contributed by atoms with van der Waals surface area (Å²) in [6.45, 7) is 11.9. The van der Waals surface area contributed by atoms with E-state index in [4.69, 9.17) is 0 Å². The molecule has 0 heterocycles. The van der Waals surface area contributed by atoms with Crippen molar-refractivity contribution in [2.45, 2.75) is 20.3 Å². The molecule has 0 radical (unpaired) electrons. The molecule has 0 aliphatic rings. The second-order valence-electron chi connectivity index (χ2n) is 2.76. The van der Waals surface area contributed by atoms with Crippen molar-refractivity contribution in [1.29, 1.82) is 0 Å². The smallest absolute Gasteiger partial charge is 0.0140 e. The average molecular weight is 194 g/mol. The van der Waals surface area contributed by atoms with Crippen LogP contribution in [0, 0.1) is 0 Å². The van der Waals surface area contributed by atoms with Gasteiger partial charge in [-0.05, 0) is 35.7 Å². The van der Waals surface area contributed by atoms with Gasteiger partial charge in [0.15, 0.2) is 0 Å². The highest BCUT2D eigenvalue weighted by Crippen LogP contribution is 2.15. The molecule has 0 amide bonds. The fourth-order valence-corrected chi connectivity index (χ4v) is 1.01. The molecule has 0 spiro atoms. The Labute approximate surface area is 86.1 Å². The predicted molar refractivity (Wildman–Crippen MR) is 65.0 cm³/mol. The lowest BCUT2D eigenvalue weighted by Crippen LogP contribution is -1.81. The van der Waals surface area contributed by atoms with Gasteiger partial charge in [0.1, 0.15) is 0 Å². The summed E-state index contributed by atoms with van der Waals surface area (Å²) in [5, 5.41) is 0. The van der Waals surface area contributed by atoms with Crippen molar-refractivity contribution in [1.82, 2.24) is 0 Å². The van der Waals surface area contributed by atoms with Gasteiger partial charge < -0.3 is 0 Å². The molecule has 0 aromatic rings. The lowest BCUT2D eigenvalue weighted by Gasteiger charge is -2.01. The van der Waals surface area contributed by atoms with Gasteiger partial charge in [-0.2, -0.15) is 0 Å². The minimum Gasteiger partial charge on any atom is -0.134 e. The van der Waals surface area contributed by atoms with Crippen molar-refractivity contribution in [2.75, 3.05) is 6.26 Å². The van der Waals surface area contributed by atoms with Gasteiger partial charge in [-0.15, -0.1) is 11.8 Å². The largest absolute Gasteiger partial charge is 0.134 e. The van der Waals surface area contributed by atoms with Crippen LogP contribution in [0.4, 0.5) is 0 Å². The maximum Gasteiger partial charge on any atom is -0.0140 e. The van der Waals surface area contributed by atoms with E-state index < -0.39 is 0 Å². The molecule has 1 heteroatoms. The van der Waals surface area contributed by atoms with Gasteiger partial charge in [0.25, 0.3) is 0 Å². The summed E-state index contributed by atoms with van der Waals surface area (Å²) < 4.78 is 0. The minimum atomic E-state index is 0.976. The average Bonchev–Trinajstić information content (AvgIpc) is 2.17. The van der Waals surface area contributed by atoms with Crippen LogP contribution in [-0.4, -0.2) is 6.26 Å². The van der Waals surface area contributed by atoms with E-state index in [1.54, 1.807) is 11.8 Å². The molecule has 0 atom stereocenters. The summed E-state index contributed by atoms with van der Waals surface area (Å²) in [6, 6.07) is 0. The Morgan fingerprint density at radius 1 is 1.38 bits per heavy atom. The lowest BCUT2D eigenvalue weighted by molar-refractivity contribution is 1.13. The van der Waals surface area contributed by atoms with E-state index in [2.05, 4.69) is 45.4 Å². The zero-order valence-corrected chi connectivity index (χ0v) is 9.58. The van der Waals surface area contributed by atoms with Crippen LogP contribution in [0.5, 0.6) is 0 Å². The summed E-state index contributed by atoms with van der Waals surface area (Å²) in [5.41, 5.74) is 2.27. The number of hydrogen-bond acceptors (Lipinski definition) is 1. The molecular weight excluding hydrogens is 176 g/mol. The number of rotatable bonds is 5. The van der Waals surface area contributed by atoms with Gasteiger partial charge in [-0.1, -0.05) is 38.3 Å². The van der Waals surface area contributed by atoms with Gasteiger partial charge in [0.05, 0.1) is 0 Å². The predicted octanol–water partition coefficient (Wildman–Crippen LogP) is 4.33. The fourth-order valence-electron chi connectivity index (χ4n) is 0.810. The quantitative estimate of drug-likeness (QED) is 0.587. The van der Waals surface area contributed by atoms with E-state index in [0.717, 1.165) is 17.6 Å². The van der Waals surface area contributed by atoms with E-state index in [1.165, 1.54) is 4.91 Å². The van der Waals surface area contributed by atoms with Crippen molar-refractivity contribution in [3.63, 3.8) is 0 Å². The van der Waals surface area contributed by atoms with Gasteiger partial charge in [0, 0.05) is 0 Å².